The van der Waals surface area contributed by atoms with Crippen molar-refractivity contribution in [3.63, 3.8) is 0 Å². The lowest BCUT2D eigenvalue weighted by Gasteiger charge is -2.32. The van der Waals surface area contributed by atoms with Gasteiger partial charge in [-0.1, -0.05) is 0 Å². The number of H-pyrrole nitrogens is 1. The molecule has 0 spiro atoms. The minimum absolute atomic E-state index is 0.216. The minimum Gasteiger partial charge on any atom is -0.395 e. The SMILES string of the molecule is O=S(=O)(c1cc[nH]c1)N1CCOCC1CO. The molecule has 2 heterocycles. The van der Waals surface area contributed by atoms with E-state index in [1.807, 2.05) is 0 Å². The van der Waals surface area contributed by atoms with Crippen molar-refractivity contribution in [1.82, 2.24) is 9.29 Å². The highest BCUT2D eigenvalue weighted by Gasteiger charge is 2.33. The van der Waals surface area contributed by atoms with Crippen LogP contribution in [0.2, 0.25) is 0 Å². The Balaban J connectivity index is 2.28. The molecule has 0 aliphatic carbocycles. The summed E-state index contributed by atoms with van der Waals surface area (Å²) >= 11 is 0. The van der Waals surface area contributed by atoms with Crippen LogP contribution in [0.1, 0.15) is 0 Å². The lowest BCUT2D eigenvalue weighted by molar-refractivity contribution is 0.0109. The van der Waals surface area contributed by atoms with Crippen molar-refractivity contribution in [2.75, 3.05) is 26.4 Å². The smallest absolute Gasteiger partial charge is 0.245 e. The molecular weight excluding hydrogens is 232 g/mol. The highest BCUT2D eigenvalue weighted by Crippen LogP contribution is 2.19. The quantitative estimate of drug-likeness (QED) is 0.746. The Labute approximate surface area is 93.9 Å². The predicted octanol–water partition coefficient (Wildman–Crippen LogP) is -0.603. The van der Waals surface area contributed by atoms with Gasteiger partial charge in [0.25, 0.3) is 0 Å². The molecule has 1 aromatic rings. The van der Waals surface area contributed by atoms with E-state index in [-0.39, 0.29) is 24.7 Å². The van der Waals surface area contributed by atoms with Crippen LogP contribution in [0.3, 0.4) is 0 Å². The first-order valence-electron chi connectivity index (χ1n) is 4.99. The van der Waals surface area contributed by atoms with Crippen LogP contribution in [-0.4, -0.2) is 55.2 Å². The van der Waals surface area contributed by atoms with Gasteiger partial charge in [-0.3, -0.25) is 0 Å². The van der Waals surface area contributed by atoms with Gasteiger partial charge >= 0.3 is 0 Å². The molecule has 16 heavy (non-hydrogen) atoms. The molecule has 1 unspecified atom stereocenters. The summed E-state index contributed by atoms with van der Waals surface area (Å²) in [7, 11) is -3.52. The third kappa shape index (κ3) is 1.99. The first-order chi connectivity index (χ1) is 7.66. The Kier molecular flexibility index (Phi) is 3.29. The third-order valence-electron chi connectivity index (χ3n) is 2.56. The van der Waals surface area contributed by atoms with E-state index in [0.29, 0.717) is 6.61 Å². The lowest BCUT2D eigenvalue weighted by Crippen LogP contribution is -2.50. The van der Waals surface area contributed by atoms with Gasteiger partial charge in [-0.2, -0.15) is 4.31 Å². The topological polar surface area (TPSA) is 82.6 Å². The van der Waals surface area contributed by atoms with Crippen LogP contribution < -0.4 is 0 Å². The number of sulfonamides is 1. The lowest BCUT2D eigenvalue weighted by atomic mass is 10.3. The van der Waals surface area contributed by atoms with Crippen molar-refractivity contribution >= 4 is 10.0 Å². The van der Waals surface area contributed by atoms with Crippen molar-refractivity contribution < 1.29 is 18.3 Å². The average Bonchev–Trinajstić information content (AvgIpc) is 2.83. The number of rotatable bonds is 3. The Morgan fingerprint density at radius 2 is 2.44 bits per heavy atom. The Morgan fingerprint density at radius 1 is 1.62 bits per heavy atom. The van der Waals surface area contributed by atoms with Gasteiger partial charge in [-0.25, -0.2) is 8.42 Å². The van der Waals surface area contributed by atoms with Crippen LogP contribution in [0.4, 0.5) is 0 Å². The van der Waals surface area contributed by atoms with Gasteiger partial charge in [-0.05, 0) is 6.07 Å². The summed E-state index contributed by atoms with van der Waals surface area (Å²) in [6, 6.07) is 1.01. The van der Waals surface area contributed by atoms with E-state index in [2.05, 4.69) is 4.98 Å². The van der Waals surface area contributed by atoms with Crippen LogP contribution in [-0.2, 0) is 14.8 Å². The second-order valence-electron chi connectivity index (χ2n) is 3.57. The highest BCUT2D eigenvalue weighted by molar-refractivity contribution is 7.89. The molecule has 1 fully saturated rings. The average molecular weight is 246 g/mol. The summed E-state index contributed by atoms with van der Waals surface area (Å²) in [5.74, 6) is 0. The van der Waals surface area contributed by atoms with Gasteiger partial charge in [0.05, 0.1) is 30.8 Å². The number of nitrogens with zero attached hydrogens (tertiary/aromatic N) is 1. The zero-order valence-corrected chi connectivity index (χ0v) is 9.48. The molecule has 6 nitrogen and oxygen atoms in total. The molecule has 7 heteroatoms. The van der Waals surface area contributed by atoms with Gasteiger partial charge in [0, 0.05) is 18.9 Å². The summed E-state index contributed by atoms with van der Waals surface area (Å²) in [6.45, 7) is 0.642. The molecule has 0 aromatic carbocycles. The van der Waals surface area contributed by atoms with Crippen LogP contribution in [0, 0.1) is 0 Å². The first kappa shape index (κ1) is 11.6. The molecule has 1 aliphatic rings. The van der Waals surface area contributed by atoms with E-state index in [4.69, 9.17) is 9.84 Å². The molecule has 1 atom stereocenters. The van der Waals surface area contributed by atoms with Gasteiger partial charge in [0.1, 0.15) is 0 Å². The number of morpholine rings is 1. The number of aliphatic hydroxyl groups excluding tert-OH is 1. The zero-order chi connectivity index (χ0) is 11.6. The largest absolute Gasteiger partial charge is 0.395 e. The summed E-state index contributed by atoms with van der Waals surface area (Å²) in [5, 5.41) is 9.13. The summed E-state index contributed by atoms with van der Waals surface area (Å²) in [5.41, 5.74) is 0. The van der Waals surface area contributed by atoms with Gasteiger partial charge in [-0.15, -0.1) is 0 Å². The summed E-state index contributed by atoms with van der Waals surface area (Å²) in [4.78, 5) is 2.92. The summed E-state index contributed by atoms with van der Waals surface area (Å²) < 4.78 is 30.7. The zero-order valence-electron chi connectivity index (χ0n) is 8.67. The number of aliphatic hydroxyl groups is 1. The van der Waals surface area contributed by atoms with Crippen molar-refractivity contribution in [1.29, 1.82) is 0 Å². The van der Waals surface area contributed by atoms with E-state index in [1.165, 1.54) is 16.6 Å². The van der Waals surface area contributed by atoms with Gasteiger partial charge in [0.15, 0.2) is 0 Å². The van der Waals surface area contributed by atoms with Crippen molar-refractivity contribution in [3.05, 3.63) is 18.5 Å². The maximum absolute atomic E-state index is 12.2. The molecule has 0 bridgehead atoms. The van der Waals surface area contributed by atoms with E-state index >= 15 is 0 Å². The van der Waals surface area contributed by atoms with Gasteiger partial charge in [0.2, 0.25) is 10.0 Å². The molecule has 1 aromatic heterocycles. The second kappa shape index (κ2) is 4.54. The minimum atomic E-state index is -3.52. The molecule has 0 amide bonds. The number of hydrogen-bond donors (Lipinski definition) is 2. The highest BCUT2D eigenvalue weighted by atomic mass is 32.2. The Hall–Kier alpha value is -0.890. The van der Waals surface area contributed by atoms with E-state index < -0.39 is 16.1 Å². The molecular formula is C9H14N2O4S. The van der Waals surface area contributed by atoms with Crippen LogP contribution in [0.25, 0.3) is 0 Å². The first-order valence-corrected chi connectivity index (χ1v) is 6.43. The molecule has 1 aliphatic heterocycles. The molecule has 2 N–H and O–H groups in total. The molecule has 90 valence electrons. The third-order valence-corrected chi connectivity index (χ3v) is 4.51. The molecule has 0 saturated carbocycles. The second-order valence-corrected chi connectivity index (χ2v) is 5.46. The summed E-state index contributed by atoms with van der Waals surface area (Å²) in [6.07, 6.45) is 2.99. The Morgan fingerprint density at radius 3 is 3.06 bits per heavy atom. The number of aromatic amines is 1. The van der Waals surface area contributed by atoms with Crippen LogP contribution in [0.5, 0.6) is 0 Å². The predicted molar refractivity (Wildman–Crippen MR) is 56.4 cm³/mol. The fraction of sp³-hybridized carbons (Fsp3) is 0.556. The number of aromatic nitrogens is 1. The number of ether oxygens (including phenoxy) is 1. The van der Waals surface area contributed by atoms with Gasteiger partial charge < -0.3 is 14.8 Å². The standard InChI is InChI=1S/C9H14N2O4S/c12-6-8-7-15-4-3-11(8)16(13,14)9-1-2-10-5-9/h1-2,5,8,10,12H,3-4,6-7H2. The number of hydrogen-bond acceptors (Lipinski definition) is 4. The molecule has 0 radical (unpaired) electrons. The fourth-order valence-corrected chi connectivity index (χ4v) is 3.27. The molecule has 1 saturated heterocycles. The van der Waals surface area contributed by atoms with Crippen molar-refractivity contribution in [3.8, 4) is 0 Å². The van der Waals surface area contributed by atoms with Crippen LogP contribution >= 0.6 is 0 Å². The molecule has 2 rings (SSSR count). The van der Waals surface area contributed by atoms with Crippen molar-refractivity contribution in [2.24, 2.45) is 0 Å². The van der Waals surface area contributed by atoms with E-state index in [9.17, 15) is 8.42 Å². The van der Waals surface area contributed by atoms with Crippen molar-refractivity contribution in [2.45, 2.75) is 10.9 Å². The number of nitrogens with one attached hydrogen (secondary N) is 1. The van der Waals surface area contributed by atoms with E-state index in [1.54, 1.807) is 6.20 Å². The fourth-order valence-electron chi connectivity index (χ4n) is 1.70. The monoisotopic (exact) mass is 246 g/mol. The normalized spacial score (nSPS) is 23.4. The maximum Gasteiger partial charge on any atom is 0.245 e. The van der Waals surface area contributed by atoms with E-state index in [0.717, 1.165) is 0 Å². The van der Waals surface area contributed by atoms with Crippen LogP contribution in [0.15, 0.2) is 23.4 Å². The maximum atomic E-state index is 12.2. The Bertz CT molecular complexity index is 428.